The van der Waals surface area contributed by atoms with Gasteiger partial charge in [-0.25, -0.2) is 0 Å². The highest BCUT2D eigenvalue weighted by atomic mass is 16.7. The molecule has 5 fully saturated rings. The van der Waals surface area contributed by atoms with Gasteiger partial charge in [0.25, 0.3) is 0 Å². The van der Waals surface area contributed by atoms with E-state index in [1.807, 2.05) is 0 Å². The topological polar surface area (TPSA) is 102 Å². The van der Waals surface area contributed by atoms with Crippen molar-refractivity contribution in [3.63, 3.8) is 0 Å². The van der Waals surface area contributed by atoms with Gasteiger partial charge in [-0.2, -0.15) is 0 Å². The van der Waals surface area contributed by atoms with Gasteiger partial charge in [-0.15, -0.1) is 0 Å². The first-order valence-corrected chi connectivity index (χ1v) is 14.7. The van der Waals surface area contributed by atoms with Crippen molar-refractivity contribution in [2.45, 2.75) is 90.8 Å². The summed E-state index contributed by atoms with van der Waals surface area (Å²) in [6, 6.07) is 0. The number of ketones is 1. The number of methoxy groups -OCH3 is 1. The van der Waals surface area contributed by atoms with E-state index in [9.17, 15) is 19.8 Å². The van der Waals surface area contributed by atoms with Gasteiger partial charge in [0.05, 0.1) is 39.0 Å². The van der Waals surface area contributed by atoms with Crippen molar-refractivity contribution in [1.82, 2.24) is 0 Å². The fraction of sp³-hybridized carbons (Fsp3) is 0.933. The van der Waals surface area contributed by atoms with Crippen LogP contribution in [0.25, 0.3) is 0 Å². The van der Waals surface area contributed by atoms with Gasteiger partial charge in [0.15, 0.2) is 5.79 Å². The molecule has 0 aromatic heterocycles. The van der Waals surface area contributed by atoms with E-state index in [4.69, 9.17) is 14.2 Å². The normalized spacial score (nSPS) is 43.0. The van der Waals surface area contributed by atoms with Gasteiger partial charge < -0.3 is 24.4 Å². The van der Waals surface area contributed by atoms with Crippen LogP contribution in [0.4, 0.5) is 0 Å². The van der Waals surface area contributed by atoms with Crippen LogP contribution in [0.1, 0.15) is 85.0 Å². The quantitative estimate of drug-likeness (QED) is 0.508. The number of carbonyl (C=O) groups excluding carboxylic acids is 2. The standard InChI is InChI=1S/C30H48O7/c1-19(5-10-26(34)35-4)22-8-9-23-21-7-6-20-14-30(36-17-29(15-31,16-32)18-37-30)12-11-27(20,2)24(21)13-25(33)28(22,23)3/h19-24,31-32H,5-18H2,1-4H3/t19-,20+,21+,22-,23+,24+,27+,28-/m1/s1. The Balaban J connectivity index is 1.30. The lowest BCUT2D eigenvalue weighted by Crippen LogP contribution is -2.61. The molecular weight excluding hydrogens is 472 g/mol. The van der Waals surface area contributed by atoms with Crippen molar-refractivity contribution < 1.29 is 34.0 Å². The van der Waals surface area contributed by atoms with E-state index >= 15 is 0 Å². The highest BCUT2D eigenvalue weighted by molar-refractivity contribution is 5.87. The summed E-state index contributed by atoms with van der Waals surface area (Å²) >= 11 is 0. The van der Waals surface area contributed by atoms with Crippen LogP contribution in [0.2, 0.25) is 0 Å². The lowest BCUT2D eigenvalue weighted by Gasteiger charge is -2.62. The molecule has 0 aromatic rings. The summed E-state index contributed by atoms with van der Waals surface area (Å²) in [4.78, 5) is 25.8. The molecule has 0 bridgehead atoms. The average Bonchev–Trinajstić information content (AvgIpc) is 3.27. The van der Waals surface area contributed by atoms with Crippen LogP contribution in [0.15, 0.2) is 0 Å². The molecule has 0 unspecified atom stereocenters. The number of fused-ring (bicyclic) bond motifs is 5. The number of hydrogen-bond donors (Lipinski definition) is 2. The third-order valence-corrected chi connectivity index (χ3v) is 12.3. The maximum Gasteiger partial charge on any atom is 0.305 e. The van der Waals surface area contributed by atoms with Gasteiger partial charge >= 0.3 is 5.97 Å². The van der Waals surface area contributed by atoms with Crippen molar-refractivity contribution in [3.05, 3.63) is 0 Å². The fourth-order valence-electron chi connectivity index (χ4n) is 9.64. The molecular formula is C30H48O7. The van der Waals surface area contributed by atoms with E-state index in [0.717, 1.165) is 51.4 Å². The Morgan fingerprint density at radius 3 is 2.41 bits per heavy atom. The third kappa shape index (κ3) is 4.31. The second-order valence-electron chi connectivity index (χ2n) is 13.9. The molecule has 5 rings (SSSR count). The molecule has 1 aliphatic heterocycles. The first kappa shape index (κ1) is 27.5. The lowest BCUT2D eigenvalue weighted by molar-refractivity contribution is -0.339. The largest absolute Gasteiger partial charge is 0.469 e. The van der Waals surface area contributed by atoms with Crippen LogP contribution in [0.3, 0.4) is 0 Å². The Labute approximate surface area is 222 Å². The molecule has 37 heavy (non-hydrogen) atoms. The zero-order valence-electron chi connectivity index (χ0n) is 23.3. The van der Waals surface area contributed by atoms with Gasteiger partial charge in [-0.05, 0) is 79.4 Å². The number of hydrogen-bond acceptors (Lipinski definition) is 7. The molecule has 210 valence electrons. The number of ether oxygens (including phenoxy) is 3. The van der Waals surface area contributed by atoms with Crippen LogP contribution < -0.4 is 0 Å². The number of aliphatic hydroxyl groups is 2. The smallest absolute Gasteiger partial charge is 0.305 e. The molecule has 4 saturated carbocycles. The Kier molecular flexibility index (Phi) is 7.34. The first-order chi connectivity index (χ1) is 17.6. The molecule has 5 aliphatic rings. The number of Topliss-reactive ketones (excluding diaryl/α,β-unsaturated/α-hetero) is 1. The third-order valence-electron chi connectivity index (χ3n) is 12.3. The van der Waals surface area contributed by atoms with Gasteiger partial charge in [-0.3, -0.25) is 9.59 Å². The monoisotopic (exact) mass is 520 g/mol. The van der Waals surface area contributed by atoms with E-state index in [0.29, 0.717) is 67.3 Å². The number of carbonyl (C=O) groups is 2. The van der Waals surface area contributed by atoms with Crippen LogP contribution >= 0.6 is 0 Å². The van der Waals surface area contributed by atoms with Crippen LogP contribution in [-0.4, -0.2) is 61.3 Å². The van der Waals surface area contributed by atoms with Crippen molar-refractivity contribution in [3.8, 4) is 0 Å². The first-order valence-electron chi connectivity index (χ1n) is 14.7. The minimum Gasteiger partial charge on any atom is -0.469 e. The van der Waals surface area contributed by atoms with E-state index < -0.39 is 11.2 Å². The van der Waals surface area contributed by atoms with E-state index in [1.54, 1.807) is 0 Å². The molecule has 8 atom stereocenters. The molecule has 1 saturated heterocycles. The Morgan fingerprint density at radius 1 is 1.05 bits per heavy atom. The molecule has 1 heterocycles. The van der Waals surface area contributed by atoms with E-state index in [2.05, 4.69) is 20.8 Å². The molecule has 7 nitrogen and oxygen atoms in total. The van der Waals surface area contributed by atoms with Gasteiger partial charge in [0, 0.05) is 31.1 Å². The van der Waals surface area contributed by atoms with Crippen LogP contribution in [-0.2, 0) is 23.8 Å². The van der Waals surface area contributed by atoms with Gasteiger partial charge in [0.2, 0.25) is 0 Å². The number of esters is 1. The van der Waals surface area contributed by atoms with Crippen molar-refractivity contribution in [2.75, 3.05) is 33.5 Å². The summed E-state index contributed by atoms with van der Waals surface area (Å²) in [6.07, 6.45) is 9.03. The molecule has 0 aromatic carbocycles. The second-order valence-corrected chi connectivity index (χ2v) is 13.9. The summed E-state index contributed by atoms with van der Waals surface area (Å²) in [7, 11) is 1.44. The predicted molar refractivity (Wildman–Crippen MR) is 137 cm³/mol. The highest BCUT2D eigenvalue weighted by Crippen LogP contribution is 2.68. The molecule has 1 spiro atoms. The fourth-order valence-corrected chi connectivity index (χ4v) is 9.64. The zero-order chi connectivity index (χ0) is 26.6. The summed E-state index contributed by atoms with van der Waals surface area (Å²) in [5.74, 6) is 2.24. The lowest BCUT2D eigenvalue weighted by atomic mass is 9.44. The van der Waals surface area contributed by atoms with Crippen LogP contribution in [0.5, 0.6) is 0 Å². The van der Waals surface area contributed by atoms with Gasteiger partial charge in [-0.1, -0.05) is 20.8 Å². The Bertz CT molecular complexity index is 873. The second kappa shape index (κ2) is 9.87. The van der Waals surface area contributed by atoms with E-state index in [-0.39, 0.29) is 30.0 Å². The molecule has 7 heteroatoms. The number of rotatable bonds is 6. The van der Waals surface area contributed by atoms with Crippen molar-refractivity contribution in [1.29, 1.82) is 0 Å². The average molecular weight is 521 g/mol. The Hall–Kier alpha value is -1.02. The van der Waals surface area contributed by atoms with Gasteiger partial charge in [0.1, 0.15) is 5.78 Å². The maximum absolute atomic E-state index is 14.0. The van der Waals surface area contributed by atoms with Crippen molar-refractivity contribution in [2.24, 2.45) is 51.8 Å². The zero-order valence-corrected chi connectivity index (χ0v) is 23.3. The van der Waals surface area contributed by atoms with Crippen molar-refractivity contribution >= 4 is 11.8 Å². The summed E-state index contributed by atoms with van der Waals surface area (Å²) in [5.41, 5.74) is -0.880. The maximum atomic E-state index is 14.0. The summed E-state index contributed by atoms with van der Waals surface area (Å²) < 4.78 is 17.4. The minimum absolute atomic E-state index is 0.106. The molecule has 0 amide bonds. The molecule has 2 N–H and O–H groups in total. The Morgan fingerprint density at radius 2 is 1.76 bits per heavy atom. The predicted octanol–water partition coefficient (Wildman–Crippen LogP) is 4.13. The van der Waals surface area contributed by atoms with E-state index in [1.165, 1.54) is 7.11 Å². The minimum atomic E-state index is -0.711. The highest BCUT2D eigenvalue weighted by Gasteiger charge is 2.65. The SMILES string of the molecule is COC(=O)CC[C@@H](C)[C@H]1CC[C@H]2[C@@H]3CC[C@H]4CC5(CC[C@]4(C)[C@H]3CC(=O)[C@]12C)OCC(CO)(CO)CO5. The molecule has 0 radical (unpaired) electrons. The summed E-state index contributed by atoms with van der Waals surface area (Å²) in [5, 5.41) is 19.5. The summed E-state index contributed by atoms with van der Waals surface area (Å²) in [6.45, 7) is 7.27. The number of aliphatic hydroxyl groups excluding tert-OH is 2. The molecule has 4 aliphatic carbocycles. The van der Waals surface area contributed by atoms with Crippen LogP contribution in [0, 0.1) is 51.8 Å².